The number of benzene rings is 1. The Morgan fingerprint density at radius 2 is 1.97 bits per heavy atom. The summed E-state index contributed by atoms with van der Waals surface area (Å²) in [6, 6.07) is 7.79. The quantitative estimate of drug-likeness (QED) is 0.715. The minimum absolute atomic E-state index is 0.0365. The van der Waals surface area contributed by atoms with Crippen molar-refractivity contribution in [3.63, 3.8) is 0 Å². The van der Waals surface area contributed by atoms with Crippen LogP contribution in [0.15, 0.2) is 38.7 Å². The van der Waals surface area contributed by atoms with Crippen molar-refractivity contribution in [1.29, 1.82) is 5.26 Å². The van der Waals surface area contributed by atoms with Crippen LogP contribution >= 0.6 is 23.4 Å². The van der Waals surface area contributed by atoms with Crippen LogP contribution in [0.4, 0.5) is 5.69 Å². The molecule has 1 amide bonds. The smallest absolute Gasteiger partial charge is 0.261 e. The van der Waals surface area contributed by atoms with Gasteiger partial charge in [-0.3, -0.25) is 9.69 Å². The normalized spacial score (nSPS) is 24.2. The number of nitriles is 1. The van der Waals surface area contributed by atoms with E-state index in [4.69, 9.17) is 16.6 Å². The first-order chi connectivity index (χ1) is 14.6. The van der Waals surface area contributed by atoms with E-state index >= 15 is 0 Å². The maximum absolute atomic E-state index is 12.7. The molecule has 3 aliphatic heterocycles. The number of nitrogens with zero attached hydrogens (tertiary/aromatic N) is 5. The number of hydrogen-bond donors (Lipinski definition) is 0. The fourth-order valence-corrected chi connectivity index (χ4v) is 6.22. The topological polar surface area (TPSA) is 72.1 Å². The molecule has 1 aromatic rings. The first kappa shape index (κ1) is 19.8. The second-order valence-corrected chi connectivity index (χ2v) is 9.54. The number of piperazine rings is 1. The first-order valence-electron chi connectivity index (χ1n) is 10.4. The van der Waals surface area contributed by atoms with Crippen molar-refractivity contribution in [1.82, 2.24) is 4.90 Å². The van der Waals surface area contributed by atoms with E-state index in [-0.39, 0.29) is 11.8 Å². The van der Waals surface area contributed by atoms with Gasteiger partial charge in [0.2, 0.25) is 0 Å². The molecule has 5 rings (SSSR count). The fraction of sp³-hybridized carbons (Fsp3) is 0.455. The number of amides is 1. The summed E-state index contributed by atoms with van der Waals surface area (Å²) in [5, 5.41) is 10.9. The Hall–Kier alpha value is -2.14. The number of hydrogen-bond acceptors (Lipinski definition) is 6. The Morgan fingerprint density at radius 1 is 1.17 bits per heavy atom. The highest BCUT2D eigenvalue weighted by Crippen LogP contribution is 2.47. The fourth-order valence-electron chi connectivity index (χ4n) is 4.65. The van der Waals surface area contributed by atoms with E-state index in [1.165, 1.54) is 16.9 Å². The van der Waals surface area contributed by atoms with Crippen molar-refractivity contribution in [2.45, 2.75) is 25.7 Å². The molecule has 0 saturated carbocycles. The third kappa shape index (κ3) is 3.58. The molecule has 0 spiro atoms. The molecular weight excluding hydrogens is 418 g/mol. The molecule has 6 nitrogen and oxygen atoms in total. The second kappa shape index (κ2) is 8.18. The maximum Gasteiger partial charge on any atom is 0.261 e. The van der Waals surface area contributed by atoms with Crippen molar-refractivity contribution in [2.75, 3.05) is 37.6 Å². The van der Waals surface area contributed by atoms with E-state index in [2.05, 4.69) is 20.9 Å². The summed E-state index contributed by atoms with van der Waals surface area (Å²) in [6.07, 6.45) is 4.46. The van der Waals surface area contributed by atoms with Gasteiger partial charge in [0.1, 0.15) is 17.8 Å². The SMILES string of the molecule is N#Cc1c(Cl)cccc1N1CCN(CC2=NC(=O)C3C(=N2)SC2=C3CCCC2)CC1. The summed E-state index contributed by atoms with van der Waals surface area (Å²) in [4.78, 5) is 27.7. The highest BCUT2D eigenvalue weighted by atomic mass is 35.5. The predicted molar refractivity (Wildman–Crippen MR) is 121 cm³/mol. The average molecular weight is 440 g/mol. The molecule has 3 heterocycles. The third-order valence-corrected chi connectivity index (χ3v) is 7.75. The molecule has 154 valence electrons. The number of allylic oxidation sites excluding steroid dienone is 1. The molecule has 1 aromatic carbocycles. The summed E-state index contributed by atoms with van der Waals surface area (Å²) >= 11 is 7.89. The molecule has 1 unspecified atom stereocenters. The van der Waals surface area contributed by atoms with E-state index in [9.17, 15) is 10.1 Å². The van der Waals surface area contributed by atoms with Crippen molar-refractivity contribution >= 4 is 45.8 Å². The van der Waals surface area contributed by atoms with Crippen LogP contribution in [-0.4, -0.2) is 54.4 Å². The Morgan fingerprint density at radius 3 is 2.77 bits per heavy atom. The lowest BCUT2D eigenvalue weighted by Gasteiger charge is -2.36. The van der Waals surface area contributed by atoms with Crippen LogP contribution in [0, 0.1) is 17.2 Å². The van der Waals surface area contributed by atoms with Crippen molar-refractivity contribution in [3.05, 3.63) is 39.3 Å². The molecule has 0 N–H and O–H groups in total. The zero-order chi connectivity index (χ0) is 20.7. The molecule has 1 saturated heterocycles. The van der Waals surface area contributed by atoms with Crippen molar-refractivity contribution < 1.29 is 4.79 Å². The van der Waals surface area contributed by atoms with Gasteiger partial charge in [-0.15, -0.1) is 0 Å². The van der Waals surface area contributed by atoms with Gasteiger partial charge in [-0.1, -0.05) is 29.4 Å². The van der Waals surface area contributed by atoms with Gasteiger partial charge in [0.25, 0.3) is 5.91 Å². The van der Waals surface area contributed by atoms with E-state index in [0.717, 1.165) is 56.2 Å². The maximum atomic E-state index is 12.7. The number of amidine groups is 1. The number of aliphatic imine (C=N–C) groups is 2. The van der Waals surface area contributed by atoms with Crippen molar-refractivity contribution in [2.24, 2.45) is 15.9 Å². The minimum Gasteiger partial charge on any atom is -0.368 e. The molecule has 30 heavy (non-hydrogen) atoms. The van der Waals surface area contributed by atoms with E-state index in [1.54, 1.807) is 17.8 Å². The highest BCUT2D eigenvalue weighted by Gasteiger charge is 2.40. The largest absolute Gasteiger partial charge is 0.368 e. The van der Waals surface area contributed by atoms with Gasteiger partial charge < -0.3 is 4.90 Å². The molecule has 1 atom stereocenters. The zero-order valence-corrected chi connectivity index (χ0v) is 18.2. The summed E-state index contributed by atoms with van der Waals surface area (Å²) < 4.78 is 0. The molecule has 1 fully saturated rings. The zero-order valence-electron chi connectivity index (χ0n) is 16.6. The number of fused-ring (bicyclic) bond motifs is 2. The average Bonchev–Trinajstić information content (AvgIpc) is 3.13. The number of carbonyl (C=O) groups is 1. The Labute approximate surface area is 185 Å². The van der Waals surface area contributed by atoms with E-state index in [1.807, 2.05) is 12.1 Å². The van der Waals surface area contributed by atoms with Crippen molar-refractivity contribution in [3.8, 4) is 6.07 Å². The first-order valence-corrected chi connectivity index (χ1v) is 11.6. The molecule has 0 bridgehead atoms. The van der Waals surface area contributed by atoms with Crippen LogP contribution in [0.2, 0.25) is 5.02 Å². The molecule has 0 radical (unpaired) electrons. The van der Waals surface area contributed by atoms with Gasteiger partial charge in [-0.2, -0.15) is 10.3 Å². The Balaban J connectivity index is 1.24. The van der Waals surface area contributed by atoms with Gasteiger partial charge >= 0.3 is 0 Å². The van der Waals surface area contributed by atoms with Gasteiger partial charge in [0, 0.05) is 26.2 Å². The molecule has 8 heteroatoms. The minimum atomic E-state index is -0.196. The van der Waals surface area contributed by atoms with E-state index < -0.39 is 0 Å². The number of thioether (sulfide) groups is 1. The second-order valence-electron chi connectivity index (χ2n) is 8.02. The van der Waals surface area contributed by atoms with Crippen LogP contribution in [0.1, 0.15) is 31.2 Å². The summed E-state index contributed by atoms with van der Waals surface area (Å²) in [5.74, 6) is 0.399. The van der Waals surface area contributed by atoms with E-state index in [0.29, 0.717) is 23.0 Å². The highest BCUT2D eigenvalue weighted by molar-refractivity contribution is 8.17. The van der Waals surface area contributed by atoms with Gasteiger partial charge in [0.05, 0.1) is 27.9 Å². The monoisotopic (exact) mass is 439 g/mol. The number of anilines is 1. The molecular formula is C22H22ClN5OS. The number of rotatable bonds is 3. The lowest BCUT2D eigenvalue weighted by molar-refractivity contribution is -0.118. The predicted octanol–water partition coefficient (Wildman–Crippen LogP) is 3.86. The number of carbonyl (C=O) groups excluding carboxylic acids is 1. The molecule has 4 aliphatic rings. The standard InChI is InChI=1S/C22H22ClN5OS/c23-16-5-3-6-17(15(16)12-24)28-10-8-27(9-11-28)13-19-25-21(29)20-14-4-1-2-7-18(14)30-22(20)26-19/h3,5-6,20H,1-2,4,7-11,13H2. The third-order valence-electron chi connectivity index (χ3n) is 6.19. The molecule has 1 aliphatic carbocycles. The lowest BCUT2D eigenvalue weighted by Crippen LogP contribution is -2.48. The summed E-state index contributed by atoms with van der Waals surface area (Å²) in [6.45, 7) is 3.81. The van der Waals surface area contributed by atoms with Crippen LogP contribution in [0.25, 0.3) is 0 Å². The van der Waals surface area contributed by atoms with Crippen LogP contribution < -0.4 is 4.90 Å². The van der Waals surface area contributed by atoms with Gasteiger partial charge in [-0.25, -0.2) is 4.99 Å². The van der Waals surface area contributed by atoms with Gasteiger partial charge in [0.15, 0.2) is 0 Å². The molecule has 0 aromatic heterocycles. The van der Waals surface area contributed by atoms with Crippen LogP contribution in [0.5, 0.6) is 0 Å². The Kier molecular flexibility index (Phi) is 5.40. The lowest BCUT2D eigenvalue weighted by atomic mass is 9.89. The number of halogens is 1. The summed E-state index contributed by atoms with van der Waals surface area (Å²) in [5.41, 5.74) is 2.69. The van der Waals surface area contributed by atoms with Gasteiger partial charge in [-0.05, 0) is 48.3 Å². The Bertz CT molecular complexity index is 1030. The van der Waals surface area contributed by atoms with Crippen LogP contribution in [-0.2, 0) is 4.79 Å². The summed E-state index contributed by atoms with van der Waals surface area (Å²) in [7, 11) is 0. The van der Waals surface area contributed by atoms with Crippen LogP contribution in [0.3, 0.4) is 0 Å².